The van der Waals surface area contributed by atoms with Gasteiger partial charge in [0, 0.05) is 25.9 Å². The smallest absolute Gasteiger partial charge is 0.410 e. The number of carbonyl (C=O) groups is 3. The number of aromatic nitrogens is 2. The topological polar surface area (TPSA) is 126 Å². The minimum Gasteiger partial charge on any atom is -0.480 e. The Morgan fingerprint density at radius 3 is 2.03 bits per heavy atom. The van der Waals surface area contributed by atoms with Crippen molar-refractivity contribution in [3.63, 3.8) is 0 Å². The molecule has 188 valence electrons. The first kappa shape index (κ1) is 28.4. The number of aryl methyl sites for hydroxylation is 1. The predicted molar refractivity (Wildman–Crippen MR) is 123 cm³/mol. The maximum atomic E-state index is 13.3. The lowest BCUT2D eigenvalue weighted by Crippen LogP contribution is -2.54. The molecule has 0 aliphatic heterocycles. The maximum absolute atomic E-state index is 13.3. The predicted octanol–water partition coefficient (Wildman–Crippen LogP) is 3.49. The molecule has 0 fully saturated rings. The van der Waals surface area contributed by atoms with Crippen LogP contribution in [0.5, 0.6) is 0 Å². The first-order valence-electron chi connectivity index (χ1n) is 11.2. The summed E-state index contributed by atoms with van der Waals surface area (Å²) in [7, 11) is 2.93. The molecule has 0 aliphatic carbocycles. The summed E-state index contributed by atoms with van der Waals surface area (Å²) in [6.45, 7) is 14.9. The molecule has 0 spiro atoms. The van der Waals surface area contributed by atoms with Gasteiger partial charge in [-0.15, -0.1) is 0 Å². The van der Waals surface area contributed by atoms with Crippen molar-refractivity contribution in [3.05, 3.63) is 11.7 Å². The number of nitrogens with zero attached hydrogens (tertiary/aromatic N) is 4. The van der Waals surface area contributed by atoms with E-state index in [2.05, 4.69) is 10.1 Å². The number of hydrogen-bond donors (Lipinski definition) is 1. The molecule has 10 heteroatoms. The molecule has 0 aliphatic rings. The number of rotatable bonds is 9. The van der Waals surface area contributed by atoms with E-state index in [0.717, 1.165) is 0 Å². The molecule has 0 saturated heterocycles. The highest BCUT2D eigenvalue weighted by atomic mass is 16.6. The number of carboxylic acid groups (broad SMARTS) is 1. The molecule has 0 bridgehead atoms. The fourth-order valence-corrected chi connectivity index (χ4v) is 3.12. The number of carboxylic acids is 1. The van der Waals surface area contributed by atoms with E-state index in [1.807, 2.05) is 34.6 Å². The lowest BCUT2D eigenvalue weighted by Gasteiger charge is -2.35. The Morgan fingerprint density at radius 2 is 1.61 bits per heavy atom. The molecule has 1 N–H and O–H groups in total. The van der Waals surface area contributed by atoms with Crippen LogP contribution in [0.15, 0.2) is 4.52 Å². The second-order valence-electron chi connectivity index (χ2n) is 10.8. The van der Waals surface area contributed by atoms with Crippen molar-refractivity contribution >= 4 is 18.0 Å². The van der Waals surface area contributed by atoms with Gasteiger partial charge in [0.05, 0.1) is 0 Å². The van der Waals surface area contributed by atoms with Crippen molar-refractivity contribution in [2.24, 2.45) is 5.92 Å². The van der Waals surface area contributed by atoms with Crippen molar-refractivity contribution in [2.45, 2.75) is 97.8 Å². The summed E-state index contributed by atoms with van der Waals surface area (Å²) < 4.78 is 10.7. The van der Waals surface area contributed by atoms with Gasteiger partial charge in [-0.25, -0.2) is 9.59 Å². The first-order valence-corrected chi connectivity index (χ1v) is 11.2. The van der Waals surface area contributed by atoms with E-state index < -0.39 is 35.7 Å². The Bertz CT molecular complexity index is 822. The van der Waals surface area contributed by atoms with Gasteiger partial charge in [-0.3, -0.25) is 9.69 Å². The second-order valence-corrected chi connectivity index (χ2v) is 10.8. The van der Waals surface area contributed by atoms with Crippen molar-refractivity contribution < 1.29 is 28.8 Å². The molecule has 1 rings (SSSR count). The Balaban J connectivity index is 3.03. The second kappa shape index (κ2) is 11.0. The summed E-state index contributed by atoms with van der Waals surface area (Å²) in [5.41, 5.74) is -1.01. The Hall–Kier alpha value is -2.65. The van der Waals surface area contributed by atoms with Gasteiger partial charge in [0.25, 0.3) is 0 Å². The van der Waals surface area contributed by atoms with E-state index in [1.165, 1.54) is 23.9 Å². The summed E-state index contributed by atoms with van der Waals surface area (Å²) in [6, 6.07) is -1.98. The SMILES string of the molecule is CC(C)C[C@@H](C(=O)N(C)[C@H](CCc1nc(C(C)(C)C)no1)C(=O)O)N(C)C(=O)OC(C)(C)C. The monoisotopic (exact) mass is 468 g/mol. The summed E-state index contributed by atoms with van der Waals surface area (Å²) in [5, 5.41) is 13.8. The third-order valence-electron chi connectivity index (χ3n) is 5.00. The van der Waals surface area contributed by atoms with E-state index in [9.17, 15) is 19.5 Å². The normalized spacial score (nSPS) is 14.0. The minimum absolute atomic E-state index is 0.0912. The van der Waals surface area contributed by atoms with Gasteiger partial charge >= 0.3 is 12.1 Å². The van der Waals surface area contributed by atoms with E-state index in [-0.39, 0.29) is 24.2 Å². The van der Waals surface area contributed by atoms with Crippen LogP contribution in [0.2, 0.25) is 0 Å². The van der Waals surface area contributed by atoms with Crippen LogP contribution in [0.1, 0.15) is 79.9 Å². The lowest BCUT2D eigenvalue weighted by molar-refractivity contribution is -0.151. The third-order valence-corrected chi connectivity index (χ3v) is 5.00. The summed E-state index contributed by atoms with van der Waals surface area (Å²) in [4.78, 5) is 44.7. The van der Waals surface area contributed by atoms with E-state index in [4.69, 9.17) is 9.26 Å². The molecule has 0 radical (unpaired) electrons. The molecular formula is C23H40N4O6. The molecule has 10 nitrogen and oxygen atoms in total. The van der Waals surface area contributed by atoms with Crippen molar-refractivity contribution in [1.29, 1.82) is 0 Å². The van der Waals surface area contributed by atoms with E-state index >= 15 is 0 Å². The first-order chi connectivity index (χ1) is 14.9. The quantitative estimate of drug-likeness (QED) is 0.584. The van der Waals surface area contributed by atoms with Gasteiger partial charge in [-0.2, -0.15) is 4.98 Å². The summed E-state index contributed by atoms with van der Waals surface area (Å²) in [5.74, 6) is -0.675. The average molecular weight is 469 g/mol. The maximum Gasteiger partial charge on any atom is 0.410 e. The standard InChI is InChI=1S/C23H40N4O6/c1-14(2)13-16(27(10)21(31)32-23(6,7)8)18(28)26(9)15(19(29)30)11-12-17-24-20(25-33-17)22(3,4)5/h14-16H,11-13H2,1-10H3,(H,29,30)/t15-,16+/m1/s1. The van der Waals surface area contributed by atoms with Crippen LogP contribution in [-0.4, -0.2) is 74.8 Å². The largest absolute Gasteiger partial charge is 0.480 e. The third kappa shape index (κ3) is 8.66. The van der Waals surface area contributed by atoms with Crippen LogP contribution in [0.25, 0.3) is 0 Å². The van der Waals surface area contributed by atoms with Gasteiger partial charge in [0.15, 0.2) is 5.82 Å². The van der Waals surface area contributed by atoms with Crippen LogP contribution in [0.4, 0.5) is 4.79 Å². The van der Waals surface area contributed by atoms with Crippen LogP contribution < -0.4 is 0 Å². The van der Waals surface area contributed by atoms with Crippen molar-refractivity contribution in [2.75, 3.05) is 14.1 Å². The van der Waals surface area contributed by atoms with E-state index in [1.54, 1.807) is 20.8 Å². The molecule has 1 aromatic rings. The van der Waals surface area contributed by atoms with Gasteiger partial charge in [0.1, 0.15) is 17.7 Å². The molecule has 1 heterocycles. The Labute approximate surface area is 196 Å². The van der Waals surface area contributed by atoms with Crippen LogP contribution >= 0.6 is 0 Å². The average Bonchev–Trinajstić information content (AvgIpc) is 3.12. The number of hydrogen-bond acceptors (Lipinski definition) is 7. The summed E-state index contributed by atoms with van der Waals surface area (Å²) in [6.07, 6.45) is 0.0222. The Morgan fingerprint density at radius 1 is 1.03 bits per heavy atom. The van der Waals surface area contributed by atoms with Gasteiger partial charge in [-0.05, 0) is 39.5 Å². The van der Waals surface area contributed by atoms with Gasteiger partial charge in [0.2, 0.25) is 11.8 Å². The molecular weight excluding hydrogens is 428 g/mol. The van der Waals surface area contributed by atoms with Crippen molar-refractivity contribution in [3.8, 4) is 0 Å². The van der Waals surface area contributed by atoms with Gasteiger partial charge in [-0.1, -0.05) is 39.8 Å². The molecule has 2 atom stereocenters. The number of amides is 2. The fourth-order valence-electron chi connectivity index (χ4n) is 3.12. The molecule has 33 heavy (non-hydrogen) atoms. The molecule has 0 saturated carbocycles. The van der Waals surface area contributed by atoms with E-state index in [0.29, 0.717) is 18.1 Å². The molecule has 2 amide bonds. The molecule has 0 aromatic carbocycles. The number of carbonyl (C=O) groups excluding carboxylic acids is 2. The zero-order chi connectivity index (χ0) is 25.7. The highest BCUT2D eigenvalue weighted by Gasteiger charge is 2.36. The molecule has 1 aromatic heterocycles. The number of ether oxygens (including phenoxy) is 1. The highest BCUT2D eigenvalue weighted by molar-refractivity contribution is 5.89. The van der Waals surface area contributed by atoms with Crippen LogP contribution in [0, 0.1) is 5.92 Å². The van der Waals surface area contributed by atoms with Gasteiger partial charge < -0.3 is 19.3 Å². The lowest BCUT2D eigenvalue weighted by atomic mass is 9.96. The van der Waals surface area contributed by atoms with Crippen LogP contribution in [0.3, 0.4) is 0 Å². The molecule has 0 unspecified atom stereocenters. The zero-order valence-corrected chi connectivity index (χ0v) is 21.6. The number of likely N-dealkylation sites (N-methyl/N-ethyl adjacent to an activating group) is 2. The zero-order valence-electron chi connectivity index (χ0n) is 21.6. The number of aliphatic carboxylic acids is 1. The fraction of sp³-hybridized carbons (Fsp3) is 0.783. The van der Waals surface area contributed by atoms with Crippen molar-refractivity contribution in [1.82, 2.24) is 19.9 Å². The highest BCUT2D eigenvalue weighted by Crippen LogP contribution is 2.21. The minimum atomic E-state index is -1.15. The summed E-state index contributed by atoms with van der Waals surface area (Å²) >= 11 is 0. The van der Waals surface area contributed by atoms with Crippen LogP contribution in [-0.2, 0) is 26.2 Å². The Kier molecular flexibility index (Phi) is 9.44.